The van der Waals surface area contributed by atoms with Crippen molar-refractivity contribution in [2.45, 2.75) is 27.3 Å². The van der Waals surface area contributed by atoms with Crippen LogP contribution in [0.15, 0.2) is 17.1 Å². The molecule has 0 aliphatic carbocycles. The molecule has 1 rings (SSSR count). The van der Waals surface area contributed by atoms with E-state index in [0.29, 0.717) is 0 Å². The van der Waals surface area contributed by atoms with Gasteiger partial charge in [-0.25, -0.2) is 4.68 Å². The summed E-state index contributed by atoms with van der Waals surface area (Å²) in [6.45, 7) is 5.48. The van der Waals surface area contributed by atoms with Crippen LogP contribution in [-0.2, 0) is 11.3 Å². The Morgan fingerprint density at radius 3 is 2.71 bits per heavy atom. The monoisotopic (exact) mass is 194 g/mol. The fourth-order valence-electron chi connectivity index (χ4n) is 0.973. The van der Waals surface area contributed by atoms with E-state index in [1.54, 1.807) is 13.1 Å². The Labute approximate surface area is 82.6 Å². The van der Waals surface area contributed by atoms with Gasteiger partial charge in [0.05, 0.1) is 6.20 Å². The molecule has 76 valence electrons. The second-order valence-corrected chi connectivity index (χ2v) is 3.65. The highest BCUT2D eigenvalue weighted by Gasteiger charge is 2.09. The Balaban J connectivity index is 2.88. The Morgan fingerprint density at radius 1 is 1.57 bits per heavy atom. The summed E-state index contributed by atoms with van der Waals surface area (Å²) in [5.41, 5.74) is 0.585. The summed E-state index contributed by atoms with van der Waals surface area (Å²) in [7, 11) is 0. The molecule has 0 atom stereocenters. The Morgan fingerprint density at radius 2 is 2.21 bits per heavy atom. The van der Waals surface area contributed by atoms with Gasteiger partial charge in [-0.1, -0.05) is 13.8 Å². The number of carbonyl (C=O) groups excluding carboxylic acids is 1. The molecule has 0 radical (unpaired) electrons. The summed E-state index contributed by atoms with van der Waals surface area (Å²) >= 11 is 0. The number of rotatable bonds is 3. The normalized spacial score (nSPS) is 10.6. The molecule has 0 spiro atoms. The van der Waals surface area contributed by atoms with Crippen molar-refractivity contribution in [1.29, 1.82) is 0 Å². The van der Waals surface area contributed by atoms with Crippen LogP contribution in [0.4, 0.5) is 0 Å². The van der Waals surface area contributed by atoms with Gasteiger partial charge >= 0.3 is 0 Å². The summed E-state index contributed by atoms with van der Waals surface area (Å²) < 4.78 is 1.19. The van der Waals surface area contributed by atoms with E-state index in [0.717, 1.165) is 5.56 Å². The van der Waals surface area contributed by atoms with E-state index in [-0.39, 0.29) is 23.8 Å². The van der Waals surface area contributed by atoms with Crippen LogP contribution >= 0.6 is 0 Å². The average Bonchev–Trinajstić information content (AvgIpc) is 2.09. The summed E-state index contributed by atoms with van der Waals surface area (Å²) in [4.78, 5) is 22.7. The highest BCUT2D eigenvalue weighted by atomic mass is 16.1. The largest absolute Gasteiger partial charge is 0.297 e. The average molecular weight is 194 g/mol. The van der Waals surface area contributed by atoms with Gasteiger partial charge in [-0.15, -0.1) is 0 Å². The SMILES string of the molecule is Cc1cnn(CC(=O)C(C)C)c(=O)c1. The number of aryl methyl sites for hydroxylation is 1. The molecule has 4 heteroatoms. The highest BCUT2D eigenvalue weighted by molar-refractivity contribution is 5.79. The zero-order chi connectivity index (χ0) is 10.7. The fourth-order valence-corrected chi connectivity index (χ4v) is 0.973. The molecular weight excluding hydrogens is 180 g/mol. The van der Waals surface area contributed by atoms with Crippen molar-refractivity contribution in [1.82, 2.24) is 9.78 Å². The van der Waals surface area contributed by atoms with Gasteiger partial charge in [0.15, 0.2) is 5.78 Å². The molecule has 4 nitrogen and oxygen atoms in total. The number of nitrogens with zero attached hydrogens (tertiary/aromatic N) is 2. The zero-order valence-corrected chi connectivity index (χ0v) is 8.65. The fraction of sp³-hybridized carbons (Fsp3) is 0.500. The molecule has 1 heterocycles. The zero-order valence-electron chi connectivity index (χ0n) is 8.65. The standard InChI is InChI=1S/C10H14N2O2/c1-7(2)9(13)6-12-10(14)4-8(3)5-11-12/h4-5,7H,6H2,1-3H3. The van der Waals surface area contributed by atoms with Gasteiger partial charge in [-0.2, -0.15) is 5.10 Å². The third kappa shape index (κ3) is 2.52. The Kier molecular flexibility index (Phi) is 3.17. The first kappa shape index (κ1) is 10.6. The molecule has 1 aromatic heterocycles. The molecule has 0 aromatic carbocycles. The van der Waals surface area contributed by atoms with Gasteiger partial charge in [0, 0.05) is 12.0 Å². The van der Waals surface area contributed by atoms with Gasteiger partial charge < -0.3 is 0 Å². The number of aromatic nitrogens is 2. The Bertz CT molecular complexity index is 393. The molecule has 0 N–H and O–H groups in total. The van der Waals surface area contributed by atoms with Crippen LogP contribution in [0.25, 0.3) is 0 Å². The van der Waals surface area contributed by atoms with E-state index in [4.69, 9.17) is 0 Å². The van der Waals surface area contributed by atoms with E-state index in [1.807, 2.05) is 13.8 Å². The maximum Gasteiger partial charge on any atom is 0.267 e. The maximum absolute atomic E-state index is 11.3. The van der Waals surface area contributed by atoms with Crippen molar-refractivity contribution in [3.8, 4) is 0 Å². The third-order valence-electron chi connectivity index (χ3n) is 1.96. The lowest BCUT2D eigenvalue weighted by Gasteiger charge is -2.05. The van der Waals surface area contributed by atoms with Gasteiger partial charge in [0.25, 0.3) is 5.56 Å². The van der Waals surface area contributed by atoms with Gasteiger partial charge in [0.1, 0.15) is 6.54 Å². The first-order valence-electron chi connectivity index (χ1n) is 4.57. The van der Waals surface area contributed by atoms with Crippen molar-refractivity contribution in [3.05, 3.63) is 28.2 Å². The summed E-state index contributed by atoms with van der Waals surface area (Å²) in [5.74, 6) is -0.0477. The highest BCUT2D eigenvalue weighted by Crippen LogP contribution is 1.95. The number of carbonyl (C=O) groups is 1. The Hall–Kier alpha value is -1.45. The molecule has 0 aliphatic rings. The van der Waals surface area contributed by atoms with Crippen molar-refractivity contribution in [2.24, 2.45) is 5.92 Å². The lowest BCUT2D eigenvalue weighted by molar-refractivity contribution is -0.122. The van der Waals surface area contributed by atoms with Gasteiger partial charge in [-0.3, -0.25) is 9.59 Å². The van der Waals surface area contributed by atoms with Crippen molar-refractivity contribution in [3.63, 3.8) is 0 Å². The minimum atomic E-state index is -0.223. The number of hydrogen-bond donors (Lipinski definition) is 0. The predicted octanol–water partition coefficient (Wildman–Crippen LogP) is 0.777. The molecule has 0 bridgehead atoms. The van der Waals surface area contributed by atoms with E-state index < -0.39 is 0 Å². The van der Waals surface area contributed by atoms with Gasteiger partial charge in [-0.05, 0) is 12.5 Å². The molecule has 0 unspecified atom stereocenters. The third-order valence-corrected chi connectivity index (χ3v) is 1.96. The van der Waals surface area contributed by atoms with Crippen LogP contribution < -0.4 is 5.56 Å². The smallest absolute Gasteiger partial charge is 0.267 e. The molecule has 1 aromatic rings. The quantitative estimate of drug-likeness (QED) is 0.714. The van der Waals surface area contributed by atoms with Crippen molar-refractivity contribution < 1.29 is 4.79 Å². The van der Waals surface area contributed by atoms with Gasteiger partial charge in [0.2, 0.25) is 0 Å². The molecule has 0 aliphatic heterocycles. The maximum atomic E-state index is 11.3. The second kappa shape index (κ2) is 4.17. The summed E-state index contributed by atoms with van der Waals surface area (Å²) in [6, 6.07) is 1.47. The van der Waals surface area contributed by atoms with E-state index in [9.17, 15) is 9.59 Å². The summed E-state index contributed by atoms with van der Waals surface area (Å²) in [6.07, 6.45) is 1.58. The van der Waals surface area contributed by atoms with Crippen LogP contribution in [0.3, 0.4) is 0 Å². The minimum absolute atomic E-state index is 0.0171. The first-order valence-corrected chi connectivity index (χ1v) is 4.57. The molecular formula is C10H14N2O2. The summed E-state index contributed by atoms with van der Waals surface area (Å²) in [5, 5.41) is 3.88. The van der Waals surface area contributed by atoms with Crippen LogP contribution in [0.5, 0.6) is 0 Å². The van der Waals surface area contributed by atoms with E-state index in [2.05, 4.69) is 5.10 Å². The van der Waals surface area contributed by atoms with E-state index in [1.165, 1.54) is 10.7 Å². The number of Topliss-reactive ketones (excluding diaryl/α,β-unsaturated/α-hetero) is 1. The van der Waals surface area contributed by atoms with E-state index >= 15 is 0 Å². The van der Waals surface area contributed by atoms with Crippen LogP contribution in [0.2, 0.25) is 0 Å². The molecule has 0 amide bonds. The topological polar surface area (TPSA) is 52.0 Å². The van der Waals surface area contributed by atoms with Crippen molar-refractivity contribution in [2.75, 3.05) is 0 Å². The van der Waals surface area contributed by atoms with Crippen molar-refractivity contribution >= 4 is 5.78 Å². The molecule has 0 saturated carbocycles. The first-order chi connectivity index (χ1) is 6.50. The molecule has 0 saturated heterocycles. The second-order valence-electron chi connectivity index (χ2n) is 3.65. The number of ketones is 1. The number of hydrogen-bond acceptors (Lipinski definition) is 3. The lowest BCUT2D eigenvalue weighted by atomic mass is 10.1. The molecule has 14 heavy (non-hydrogen) atoms. The predicted molar refractivity (Wildman–Crippen MR) is 53.1 cm³/mol. The minimum Gasteiger partial charge on any atom is -0.297 e. The lowest BCUT2D eigenvalue weighted by Crippen LogP contribution is -2.27. The molecule has 0 fully saturated rings. The van der Waals surface area contributed by atoms with Crippen LogP contribution in [0.1, 0.15) is 19.4 Å². The van der Waals surface area contributed by atoms with Crippen LogP contribution in [-0.4, -0.2) is 15.6 Å². The van der Waals surface area contributed by atoms with Crippen LogP contribution in [0, 0.1) is 12.8 Å².